The first-order valence-corrected chi connectivity index (χ1v) is 30.6. The highest BCUT2D eigenvalue weighted by molar-refractivity contribution is 7.99. The van der Waals surface area contributed by atoms with E-state index in [0.29, 0.717) is 81.7 Å². The molecule has 2 amide bonds. The molecule has 0 spiro atoms. The molecule has 21 heteroatoms. The molecule has 4 aliphatic rings. The number of thioether (sulfide) groups is 1. The number of nitrogens with one attached hydrogen (secondary N) is 2. The molecule has 4 aromatic rings. The maximum Gasteiger partial charge on any atom is 0.501 e. The molecule has 2 heterocycles. The van der Waals surface area contributed by atoms with Crippen LogP contribution in [0.2, 0.25) is 5.02 Å². The van der Waals surface area contributed by atoms with Crippen molar-refractivity contribution < 1.29 is 49.5 Å². The van der Waals surface area contributed by atoms with Crippen LogP contribution in [-0.4, -0.2) is 137 Å². The minimum absolute atomic E-state index is 0.0254. The van der Waals surface area contributed by atoms with E-state index in [1.807, 2.05) is 52.1 Å². The Kier molecular flexibility index (Phi) is 18.8. The van der Waals surface area contributed by atoms with Crippen LogP contribution in [0.15, 0.2) is 117 Å². The van der Waals surface area contributed by atoms with Gasteiger partial charge in [0.25, 0.3) is 25.8 Å². The number of carboxylic acid groups (broad SMARTS) is 1. The summed E-state index contributed by atoms with van der Waals surface area (Å²) in [5.41, 5.74) is -1.21. The van der Waals surface area contributed by atoms with Crippen molar-refractivity contribution in [3.63, 3.8) is 0 Å². The van der Waals surface area contributed by atoms with Gasteiger partial charge in [-0.05, 0) is 141 Å². The van der Waals surface area contributed by atoms with Crippen molar-refractivity contribution in [3.05, 3.63) is 119 Å². The Morgan fingerprint density at radius 2 is 1.47 bits per heavy atom. The largest absolute Gasteiger partial charge is 0.501 e. The average Bonchev–Trinajstić information content (AvgIpc) is 3.42. The van der Waals surface area contributed by atoms with Crippen molar-refractivity contribution in [2.75, 3.05) is 81.4 Å². The molecule has 1 atom stereocenters. The molecule has 77 heavy (non-hydrogen) atoms. The van der Waals surface area contributed by atoms with Crippen molar-refractivity contribution in [1.82, 2.24) is 19.4 Å². The van der Waals surface area contributed by atoms with Gasteiger partial charge in [-0.3, -0.25) is 24.2 Å². The van der Waals surface area contributed by atoms with E-state index >= 15 is 0 Å². The van der Waals surface area contributed by atoms with Crippen LogP contribution >= 0.6 is 23.4 Å². The van der Waals surface area contributed by atoms with Gasteiger partial charge in [-0.2, -0.15) is 13.2 Å². The Hall–Kier alpha value is -5.12. The van der Waals surface area contributed by atoms with Crippen LogP contribution in [-0.2, 0) is 29.4 Å². The van der Waals surface area contributed by atoms with Gasteiger partial charge in [0.05, 0.1) is 10.6 Å². The number of piperazine rings is 2. The summed E-state index contributed by atoms with van der Waals surface area (Å²) in [6, 6.07) is 25.5. The number of hydrogen-bond acceptors (Lipinski definition) is 12. The number of sulfone groups is 1. The summed E-state index contributed by atoms with van der Waals surface area (Å²) < 4.78 is 99.2. The number of hydrogen-bond donors (Lipinski definition) is 3. The number of benzene rings is 4. The van der Waals surface area contributed by atoms with Gasteiger partial charge in [-0.15, -0.1) is 11.8 Å². The Balaban J connectivity index is 0.903. The number of halogens is 4. The van der Waals surface area contributed by atoms with Crippen LogP contribution in [0, 0.1) is 17.3 Å². The Labute approximate surface area is 459 Å². The van der Waals surface area contributed by atoms with E-state index in [0.717, 1.165) is 74.7 Å². The first-order valence-electron chi connectivity index (χ1n) is 26.3. The topological polar surface area (TPSA) is 177 Å². The molecule has 14 nitrogen and oxygen atoms in total. The van der Waals surface area contributed by atoms with Crippen LogP contribution < -0.4 is 14.9 Å². The van der Waals surface area contributed by atoms with Crippen LogP contribution in [0.1, 0.15) is 87.6 Å². The number of allylic oxidation sites excluding steroid dienone is 1. The zero-order chi connectivity index (χ0) is 55.1. The van der Waals surface area contributed by atoms with Gasteiger partial charge in [0.15, 0.2) is 0 Å². The second-order valence-corrected chi connectivity index (χ2v) is 26.6. The second-order valence-electron chi connectivity index (χ2n) is 21.5. The predicted molar refractivity (Wildman–Crippen MR) is 295 cm³/mol. The minimum atomic E-state index is -6.13. The Morgan fingerprint density at radius 1 is 0.818 bits per heavy atom. The lowest BCUT2D eigenvalue weighted by molar-refractivity contribution is -0.139. The van der Waals surface area contributed by atoms with E-state index in [-0.39, 0.29) is 35.1 Å². The predicted octanol–water partition coefficient (Wildman–Crippen LogP) is 9.93. The lowest BCUT2D eigenvalue weighted by atomic mass is 9.73. The Bertz CT molecular complexity index is 2980. The number of sulfonamides is 1. The fraction of sp³-hybridized carbons (Fsp3) is 0.482. The third-order valence-corrected chi connectivity index (χ3v) is 19.7. The number of rotatable bonds is 19. The van der Waals surface area contributed by atoms with Gasteiger partial charge < -0.3 is 20.2 Å². The molecule has 416 valence electrons. The number of carbonyl (C=O) groups is 3. The summed E-state index contributed by atoms with van der Waals surface area (Å²) in [5, 5.41) is 12.9. The fourth-order valence-corrected chi connectivity index (χ4v) is 14.1. The normalized spacial score (nSPS) is 20.4. The van der Waals surface area contributed by atoms with Crippen molar-refractivity contribution in [2.45, 2.75) is 97.9 Å². The molecule has 0 unspecified atom stereocenters. The first kappa shape index (κ1) is 58.0. The molecule has 1 saturated carbocycles. The highest BCUT2D eigenvalue weighted by Gasteiger charge is 2.48. The summed E-state index contributed by atoms with van der Waals surface area (Å²) in [5.74, 6) is -1.59. The number of anilines is 2. The number of carbonyl (C=O) groups excluding carboxylic acids is 2. The maximum absolute atomic E-state index is 14.4. The molecular weight excluding hydrogens is 1070 g/mol. The van der Waals surface area contributed by atoms with Gasteiger partial charge in [0.2, 0.25) is 5.91 Å². The molecule has 4 aromatic carbocycles. The van der Waals surface area contributed by atoms with E-state index in [1.165, 1.54) is 40.6 Å². The molecule has 0 bridgehead atoms. The number of carboxylic acids is 1. The summed E-state index contributed by atoms with van der Waals surface area (Å²) in [4.78, 5) is 45.4. The second kappa shape index (κ2) is 24.9. The number of aliphatic carboxylic acids is 1. The smallest absolute Gasteiger partial charge is 0.481 e. The maximum atomic E-state index is 14.4. The average molecular weight is 1140 g/mol. The van der Waals surface area contributed by atoms with Crippen LogP contribution in [0.5, 0.6) is 0 Å². The van der Waals surface area contributed by atoms with Gasteiger partial charge >= 0.3 is 11.5 Å². The van der Waals surface area contributed by atoms with E-state index < -0.39 is 58.8 Å². The van der Waals surface area contributed by atoms with Gasteiger partial charge in [0, 0.05) is 111 Å². The molecule has 0 aromatic heterocycles. The summed E-state index contributed by atoms with van der Waals surface area (Å²) >= 11 is 7.61. The van der Waals surface area contributed by atoms with Gasteiger partial charge in [0.1, 0.15) is 4.90 Å². The lowest BCUT2D eigenvalue weighted by Crippen LogP contribution is -2.51. The van der Waals surface area contributed by atoms with Crippen molar-refractivity contribution in [3.8, 4) is 0 Å². The summed E-state index contributed by atoms with van der Waals surface area (Å²) in [6.45, 7) is 11.0. The number of amides is 2. The highest BCUT2D eigenvalue weighted by Crippen LogP contribution is 2.43. The fourth-order valence-electron chi connectivity index (χ4n) is 11.0. The van der Waals surface area contributed by atoms with Crippen molar-refractivity contribution >= 4 is 78.0 Å². The lowest BCUT2D eigenvalue weighted by Gasteiger charge is -2.39. The highest BCUT2D eigenvalue weighted by atomic mass is 35.5. The van der Waals surface area contributed by atoms with Crippen molar-refractivity contribution in [2.24, 2.45) is 17.3 Å². The first-order chi connectivity index (χ1) is 36.5. The van der Waals surface area contributed by atoms with Crippen LogP contribution in [0.4, 0.5) is 24.5 Å². The summed E-state index contributed by atoms with van der Waals surface area (Å²) in [7, 11) is -11.0. The van der Waals surface area contributed by atoms with E-state index in [1.54, 1.807) is 12.1 Å². The van der Waals surface area contributed by atoms with E-state index in [9.17, 15) is 44.4 Å². The zero-order valence-electron chi connectivity index (χ0n) is 43.4. The molecule has 8 rings (SSSR count). The van der Waals surface area contributed by atoms with Gasteiger partial charge in [-0.25, -0.2) is 21.6 Å². The Morgan fingerprint density at radius 3 is 2.10 bits per heavy atom. The molecule has 3 fully saturated rings. The van der Waals surface area contributed by atoms with Gasteiger partial charge in [-0.1, -0.05) is 61.4 Å². The third-order valence-electron chi connectivity index (χ3n) is 15.4. The van der Waals surface area contributed by atoms with E-state index in [2.05, 4.69) is 46.0 Å². The van der Waals surface area contributed by atoms with Crippen LogP contribution in [0.3, 0.4) is 0 Å². The molecule has 2 saturated heterocycles. The van der Waals surface area contributed by atoms with Crippen molar-refractivity contribution in [1.29, 1.82) is 0 Å². The SMILES string of the molecule is CC1(C)CCC(c2ccc(Cl)cc2)=C(CN2CCN(c3ccc(C(=O)NS(=O)(=O)c4ccc(N[C@H](CCN5CCN(C(=O)C6CCC(CC(=O)O)CC6)CC5)CSc5ccccc5)c(S(=O)(=O)C(F)(F)F)c4)cc3)CC2)C1. The molecule has 2 aliphatic carbocycles. The quantitative estimate of drug-likeness (QED) is 0.0757. The zero-order valence-corrected chi connectivity index (χ0v) is 46.6. The number of alkyl halides is 3. The molecular formula is C56H68ClF3N6O8S3. The monoisotopic (exact) mass is 1140 g/mol. The molecule has 2 aliphatic heterocycles. The summed E-state index contributed by atoms with van der Waals surface area (Å²) in [6.07, 6.45) is 6.26. The standard InChI is InChI=1S/C56H68ClF3N6O8S3/c1-55(2)24-22-49(40-12-16-44(57)17-13-40)43(36-55)37-64-28-30-65(31-29-64)46-18-14-41(15-19-46)53(69)62-77(73,74)48-20-21-50(51(35-48)76(71,72)56(58,59)60)61-45(38-75-47-6-4-3-5-7-47)23-25-63-26-32-66(33-27-63)54(70)42-10-8-39(9-11-42)34-52(67)68/h3-7,12-21,35,39,42,45,61H,8-11,22-34,36-38H2,1-2H3,(H,62,69)(H,67,68)/t39?,42?,45-/m1/s1. The van der Waals surface area contributed by atoms with Crippen LogP contribution in [0.25, 0.3) is 5.57 Å². The third kappa shape index (κ3) is 15.2. The molecule has 0 radical (unpaired) electrons. The molecule has 3 N–H and O–H groups in total. The number of nitrogens with zero attached hydrogens (tertiary/aromatic N) is 4. The van der Waals surface area contributed by atoms with E-state index in [4.69, 9.17) is 16.7 Å². The minimum Gasteiger partial charge on any atom is -0.481 e.